The smallest absolute Gasteiger partial charge is 0.203 e. The van der Waals surface area contributed by atoms with Crippen molar-refractivity contribution in [2.24, 2.45) is 0 Å². The molecule has 0 fully saturated rings. The number of allylic oxidation sites excluding steroid dienone is 1. The Bertz CT molecular complexity index is 1040. The first-order valence-electron chi connectivity index (χ1n) is 10.5. The number of ketones is 1. The number of carbonyl (C=O) groups excluding carboxylic acids is 1. The van der Waals surface area contributed by atoms with E-state index in [2.05, 4.69) is 5.10 Å². The summed E-state index contributed by atoms with van der Waals surface area (Å²) in [4.78, 5) is 12.4. The molecule has 3 rings (SSSR count). The van der Waals surface area contributed by atoms with Gasteiger partial charge < -0.3 is 14.2 Å². The molecule has 3 aromatic rings. The molecule has 31 heavy (non-hydrogen) atoms. The molecule has 0 spiro atoms. The molecule has 0 amide bonds. The fraction of sp³-hybridized carbons (Fsp3) is 0.280. The lowest BCUT2D eigenvalue weighted by Crippen LogP contribution is -2.07. The highest BCUT2D eigenvalue weighted by Gasteiger charge is 2.08. The Morgan fingerprint density at radius 1 is 0.968 bits per heavy atom. The van der Waals surface area contributed by atoms with Crippen LogP contribution >= 0.6 is 0 Å². The summed E-state index contributed by atoms with van der Waals surface area (Å²) in [7, 11) is 0. The molecule has 0 saturated heterocycles. The van der Waals surface area contributed by atoms with Gasteiger partial charge in [-0.3, -0.25) is 9.48 Å². The number of hydrogen-bond donors (Lipinski definition) is 0. The number of rotatable bonds is 11. The van der Waals surface area contributed by atoms with Gasteiger partial charge in [-0.2, -0.15) is 5.10 Å². The molecule has 0 radical (unpaired) electrons. The van der Waals surface area contributed by atoms with E-state index in [1.54, 1.807) is 29.1 Å². The van der Waals surface area contributed by atoms with Crippen LogP contribution in [0.2, 0.25) is 0 Å². The number of hydrogen-bond acceptors (Lipinski definition) is 5. The molecule has 0 N–H and O–H groups in total. The Kier molecular flexibility index (Phi) is 7.87. The Balaban J connectivity index is 1.65. The van der Waals surface area contributed by atoms with Crippen molar-refractivity contribution in [1.82, 2.24) is 9.78 Å². The third-order valence-corrected chi connectivity index (χ3v) is 4.57. The lowest BCUT2D eigenvalue weighted by molar-refractivity contribution is 0.103. The van der Waals surface area contributed by atoms with Gasteiger partial charge in [-0.25, -0.2) is 0 Å². The Labute approximate surface area is 183 Å². The van der Waals surface area contributed by atoms with Crippen LogP contribution in [0.3, 0.4) is 0 Å². The zero-order valence-electron chi connectivity index (χ0n) is 18.2. The molecule has 6 heteroatoms. The van der Waals surface area contributed by atoms with Gasteiger partial charge in [-0.15, -0.1) is 0 Å². The maximum Gasteiger partial charge on any atom is 0.203 e. The van der Waals surface area contributed by atoms with Gasteiger partial charge in [0, 0.05) is 12.7 Å². The first-order chi connectivity index (χ1) is 15.1. The van der Waals surface area contributed by atoms with Crippen LogP contribution < -0.4 is 14.2 Å². The largest absolute Gasteiger partial charge is 0.490 e. The number of ether oxygens (including phenoxy) is 3. The van der Waals surface area contributed by atoms with Gasteiger partial charge in [0.1, 0.15) is 18.1 Å². The van der Waals surface area contributed by atoms with Gasteiger partial charge in [-0.05, 0) is 68.3 Å². The molecule has 0 aliphatic rings. The van der Waals surface area contributed by atoms with Crippen LogP contribution in [0, 0.1) is 0 Å². The molecule has 0 aliphatic heterocycles. The summed E-state index contributed by atoms with van der Waals surface area (Å²) in [5.41, 5.74) is 2.44. The molecule has 0 saturated carbocycles. The van der Waals surface area contributed by atoms with Gasteiger partial charge in [0.2, 0.25) is 5.78 Å². The van der Waals surface area contributed by atoms with E-state index in [-0.39, 0.29) is 5.78 Å². The van der Waals surface area contributed by atoms with Crippen molar-refractivity contribution in [1.29, 1.82) is 0 Å². The molecular formula is C25H28N2O4. The quantitative estimate of drug-likeness (QED) is 0.316. The SMILES string of the molecule is CCOc1ccc(COc2cccc(/C=C/C(=O)c3ccnn3CC)c2)cc1OCC. The van der Waals surface area contributed by atoms with Crippen molar-refractivity contribution in [2.75, 3.05) is 13.2 Å². The maximum atomic E-state index is 12.4. The molecule has 1 aromatic heterocycles. The monoisotopic (exact) mass is 420 g/mol. The molecule has 2 aromatic carbocycles. The minimum absolute atomic E-state index is 0.0801. The molecule has 6 nitrogen and oxygen atoms in total. The normalized spacial score (nSPS) is 10.9. The van der Waals surface area contributed by atoms with E-state index in [1.807, 2.05) is 63.2 Å². The van der Waals surface area contributed by atoms with Crippen molar-refractivity contribution >= 4 is 11.9 Å². The fourth-order valence-electron chi connectivity index (χ4n) is 3.11. The van der Waals surface area contributed by atoms with Crippen LogP contribution in [0.4, 0.5) is 0 Å². The van der Waals surface area contributed by atoms with Gasteiger partial charge in [-0.1, -0.05) is 24.3 Å². The van der Waals surface area contributed by atoms with Crippen LogP contribution in [0.25, 0.3) is 6.08 Å². The zero-order valence-corrected chi connectivity index (χ0v) is 18.2. The van der Waals surface area contributed by atoms with Crippen LogP contribution in [0.15, 0.2) is 60.8 Å². The summed E-state index contributed by atoms with van der Waals surface area (Å²) in [5.74, 6) is 2.09. The summed E-state index contributed by atoms with van der Waals surface area (Å²) in [6.45, 7) is 8.04. The number of aromatic nitrogens is 2. The number of benzene rings is 2. The highest BCUT2D eigenvalue weighted by molar-refractivity contribution is 6.05. The number of nitrogens with zero attached hydrogens (tertiary/aromatic N) is 2. The predicted octanol–water partition coefficient (Wildman–Crippen LogP) is 5.18. The molecule has 0 aliphatic carbocycles. The van der Waals surface area contributed by atoms with E-state index in [4.69, 9.17) is 14.2 Å². The second-order valence-corrected chi connectivity index (χ2v) is 6.74. The summed E-state index contributed by atoms with van der Waals surface area (Å²) in [5, 5.41) is 4.14. The van der Waals surface area contributed by atoms with Gasteiger partial charge >= 0.3 is 0 Å². The third-order valence-electron chi connectivity index (χ3n) is 4.57. The first-order valence-corrected chi connectivity index (χ1v) is 10.5. The maximum absolute atomic E-state index is 12.4. The number of aryl methyl sites for hydroxylation is 1. The first kappa shape index (κ1) is 22.2. The Morgan fingerprint density at radius 3 is 2.55 bits per heavy atom. The standard InChI is InChI=1S/C25H28N2O4/c1-4-27-22(14-15-26-27)23(28)12-10-19-8-7-9-21(16-19)31-18-20-11-13-24(29-5-2)25(17-20)30-6-3/h7-17H,4-6,18H2,1-3H3/b12-10+. The van der Waals surface area contributed by atoms with Gasteiger partial charge in [0.25, 0.3) is 0 Å². The second-order valence-electron chi connectivity index (χ2n) is 6.74. The average Bonchev–Trinajstić information content (AvgIpc) is 3.27. The van der Waals surface area contributed by atoms with Crippen molar-refractivity contribution in [3.63, 3.8) is 0 Å². The van der Waals surface area contributed by atoms with E-state index in [0.717, 1.165) is 22.6 Å². The summed E-state index contributed by atoms with van der Waals surface area (Å²) >= 11 is 0. The molecular weight excluding hydrogens is 392 g/mol. The lowest BCUT2D eigenvalue weighted by Gasteiger charge is -2.13. The third kappa shape index (κ3) is 5.98. The van der Waals surface area contributed by atoms with Crippen molar-refractivity contribution < 1.29 is 19.0 Å². The lowest BCUT2D eigenvalue weighted by atomic mass is 10.1. The van der Waals surface area contributed by atoms with E-state index in [9.17, 15) is 4.79 Å². The highest BCUT2D eigenvalue weighted by atomic mass is 16.5. The van der Waals surface area contributed by atoms with Crippen molar-refractivity contribution in [3.05, 3.63) is 77.6 Å². The van der Waals surface area contributed by atoms with Gasteiger partial charge in [0.05, 0.1) is 13.2 Å². The number of carbonyl (C=O) groups is 1. The Hall–Kier alpha value is -3.54. The molecule has 162 valence electrons. The van der Waals surface area contributed by atoms with E-state index in [1.165, 1.54) is 0 Å². The van der Waals surface area contributed by atoms with Crippen molar-refractivity contribution in [3.8, 4) is 17.2 Å². The van der Waals surface area contributed by atoms with Crippen LogP contribution in [0.1, 0.15) is 42.4 Å². The molecule has 1 heterocycles. The minimum atomic E-state index is -0.0801. The van der Waals surface area contributed by atoms with Crippen LogP contribution in [-0.2, 0) is 13.2 Å². The van der Waals surface area contributed by atoms with Crippen LogP contribution in [-0.4, -0.2) is 28.8 Å². The topological polar surface area (TPSA) is 62.6 Å². The predicted molar refractivity (Wildman–Crippen MR) is 121 cm³/mol. The van der Waals surface area contributed by atoms with Gasteiger partial charge in [0.15, 0.2) is 11.5 Å². The molecule has 0 unspecified atom stereocenters. The summed E-state index contributed by atoms with van der Waals surface area (Å²) in [6.07, 6.45) is 4.98. The zero-order chi connectivity index (χ0) is 22.1. The Morgan fingerprint density at radius 2 is 1.77 bits per heavy atom. The minimum Gasteiger partial charge on any atom is -0.490 e. The highest BCUT2D eigenvalue weighted by Crippen LogP contribution is 2.29. The average molecular weight is 421 g/mol. The second kappa shape index (κ2) is 11.0. The van der Waals surface area contributed by atoms with E-state index < -0.39 is 0 Å². The fourth-order valence-corrected chi connectivity index (χ4v) is 3.11. The summed E-state index contributed by atoms with van der Waals surface area (Å²) < 4.78 is 18.9. The molecule has 0 atom stereocenters. The van der Waals surface area contributed by atoms with E-state index in [0.29, 0.717) is 37.8 Å². The van der Waals surface area contributed by atoms with Crippen molar-refractivity contribution in [2.45, 2.75) is 33.9 Å². The molecule has 0 bridgehead atoms. The summed E-state index contributed by atoms with van der Waals surface area (Å²) in [6, 6.07) is 15.2. The van der Waals surface area contributed by atoms with Crippen LogP contribution in [0.5, 0.6) is 17.2 Å². The van der Waals surface area contributed by atoms with E-state index >= 15 is 0 Å².